The molecule has 6 aromatic carbocycles. The van der Waals surface area contributed by atoms with E-state index in [9.17, 15) is 0 Å². The number of hydrogen-bond donors (Lipinski definition) is 0. The number of fused-ring (bicyclic) bond motifs is 5. The molecule has 0 N–H and O–H groups in total. The van der Waals surface area contributed by atoms with Crippen molar-refractivity contribution in [3.8, 4) is 45.0 Å². The van der Waals surface area contributed by atoms with E-state index >= 15 is 0 Å². The van der Waals surface area contributed by atoms with Gasteiger partial charge in [-0.05, 0) is 35.4 Å². The number of aromatic nitrogens is 2. The molecule has 0 aliphatic rings. The highest BCUT2D eigenvalue weighted by molar-refractivity contribution is 6.24. The van der Waals surface area contributed by atoms with Crippen LogP contribution in [-0.4, -0.2) is 9.97 Å². The first-order valence-corrected chi connectivity index (χ1v) is 14.2. The summed E-state index contributed by atoms with van der Waals surface area (Å²) in [5, 5.41) is 4.52. The lowest BCUT2D eigenvalue weighted by Gasteiger charge is -2.15. The summed E-state index contributed by atoms with van der Waals surface area (Å²) in [6.45, 7) is 2.13. The Labute approximate surface area is 243 Å². The Balaban J connectivity index is 1.52. The van der Waals surface area contributed by atoms with Gasteiger partial charge in [-0.3, -0.25) is 0 Å². The largest absolute Gasteiger partial charge is 0.455 e. The highest BCUT2D eigenvalue weighted by Crippen LogP contribution is 2.45. The molecule has 8 aromatic rings. The quantitative estimate of drug-likeness (QED) is 0.224. The number of hydrogen-bond acceptors (Lipinski definition) is 3. The molecule has 0 amide bonds. The summed E-state index contributed by atoms with van der Waals surface area (Å²) in [5.41, 5.74) is 9.86. The van der Waals surface area contributed by atoms with E-state index in [-0.39, 0.29) is 0 Å². The molecule has 2 heterocycles. The van der Waals surface area contributed by atoms with E-state index in [1.54, 1.807) is 0 Å². The van der Waals surface area contributed by atoms with Gasteiger partial charge in [0.25, 0.3) is 0 Å². The summed E-state index contributed by atoms with van der Waals surface area (Å²) >= 11 is 0. The molecule has 0 saturated carbocycles. The van der Waals surface area contributed by atoms with E-state index in [0.717, 1.165) is 66.7 Å². The standard InChI is InChI=1S/C39H26N2O/c1-25-36(28-16-7-3-8-17-28)40-39(29-18-9-4-10-19-29)41-37(25)32-23-22-31(26-13-5-2-6-14-26)38-35(32)34-30-20-12-11-15-27(30)21-24-33(34)42-38/h2-24H,1H3. The first kappa shape index (κ1) is 24.3. The lowest BCUT2D eigenvalue weighted by Crippen LogP contribution is -2.00. The van der Waals surface area contributed by atoms with Gasteiger partial charge in [-0.15, -0.1) is 0 Å². The van der Waals surface area contributed by atoms with Crippen LogP contribution in [0.3, 0.4) is 0 Å². The molecule has 0 unspecified atom stereocenters. The Morgan fingerprint density at radius 2 is 1.07 bits per heavy atom. The molecular weight excluding hydrogens is 512 g/mol. The van der Waals surface area contributed by atoms with Crippen molar-refractivity contribution in [2.75, 3.05) is 0 Å². The SMILES string of the molecule is Cc1c(-c2ccccc2)nc(-c2ccccc2)nc1-c1ccc(-c2ccccc2)c2oc3ccc4ccccc4c3c12. The van der Waals surface area contributed by atoms with Crippen LogP contribution in [0.5, 0.6) is 0 Å². The van der Waals surface area contributed by atoms with Crippen LogP contribution in [0.15, 0.2) is 144 Å². The van der Waals surface area contributed by atoms with Crippen molar-refractivity contribution in [2.45, 2.75) is 6.92 Å². The average molecular weight is 539 g/mol. The van der Waals surface area contributed by atoms with Gasteiger partial charge in [0.15, 0.2) is 5.82 Å². The van der Waals surface area contributed by atoms with Crippen LogP contribution in [0.1, 0.15) is 5.56 Å². The van der Waals surface area contributed by atoms with Gasteiger partial charge in [0.1, 0.15) is 11.2 Å². The average Bonchev–Trinajstić information content (AvgIpc) is 3.46. The predicted octanol–water partition coefficient (Wildman–Crippen LogP) is 10.5. The maximum absolute atomic E-state index is 6.73. The minimum Gasteiger partial charge on any atom is -0.455 e. The van der Waals surface area contributed by atoms with Crippen molar-refractivity contribution in [1.29, 1.82) is 0 Å². The molecule has 0 atom stereocenters. The molecule has 42 heavy (non-hydrogen) atoms. The molecule has 8 rings (SSSR count). The fourth-order valence-electron chi connectivity index (χ4n) is 6.06. The highest BCUT2D eigenvalue weighted by atomic mass is 16.3. The van der Waals surface area contributed by atoms with E-state index in [2.05, 4.69) is 116 Å². The normalized spacial score (nSPS) is 11.5. The maximum Gasteiger partial charge on any atom is 0.160 e. The third kappa shape index (κ3) is 3.90. The van der Waals surface area contributed by atoms with Crippen LogP contribution >= 0.6 is 0 Å². The van der Waals surface area contributed by atoms with Gasteiger partial charge in [0, 0.05) is 38.6 Å². The van der Waals surface area contributed by atoms with Gasteiger partial charge in [-0.25, -0.2) is 9.97 Å². The number of benzene rings is 6. The first-order chi connectivity index (χ1) is 20.8. The topological polar surface area (TPSA) is 38.9 Å². The van der Waals surface area contributed by atoms with Gasteiger partial charge in [-0.1, -0.05) is 127 Å². The Kier molecular flexibility index (Phi) is 5.68. The Morgan fingerprint density at radius 3 is 1.81 bits per heavy atom. The second-order valence-corrected chi connectivity index (χ2v) is 10.6. The van der Waals surface area contributed by atoms with Gasteiger partial charge >= 0.3 is 0 Å². The zero-order valence-electron chi connectivity index (χ0n) is 23.1. The van der Waals surface area contributed by atoms with Gasteiger partial charge in [0.2, 0.25) is 0 Å². The second-order valence-electron chi connectivity index (χ2n) is 10.6. The van der Waals surface area contributed by atoms with Crippen molar-refractivity contribution in [3.05, 3.63) is 145 Å². The van der Waals surface area contributed by atoms with Crippen LogP contribution in [0, 0.1) is 6.92 Å². The Hall–Kier alpha value is -5.54. The van der Waals surface area contributed by atoms with E-state index in [4.69, 9.17) is 14.4 Å². The number of furan rings is 1. The van der Waals surface area contributed by atoms with Gasteiger partial charge < -0.3 is 4.42 Å². The Bertz CT molecular complexity index is 2230. The van der Waals surface area contributed by atoms with Crippen molar-refractivity contribution in [3.63, 3.8) is 0 Å². The highest BCUT2D eigenvalue weighted by Gasteiger charge is 2.23. The zero-order chi connectivity index (χ0) is 28.0. The first-order valence-electron chi connectivity index (χ1n) is 14.2. The van der Waals surface area contributed by atoms with Crippen molar-refractivity contribution >= 4 is 32.7 Å². The van der Waals surface area contributed by atoms with Crippen LogP contribution < -0.4 is 0 Å². The summed E-state index contributed by atoms with van der Waals surface area (Å²) in [4.78, 5) is 10.4. The molecule has 0 bridgehead atoms. The molecule has 0 spiro atoms. The fourth-order valence-corrected chi connectivity index (χ4v) is 6.06. The lowest BCUT2D eigenvalue weighted by atomic mass is 9.92. The fraction of sp³-hybridized carbons (Fsp3) is 0.0256. The van der Waals surface area contributed by atoms with E-state index in [1.165, 1.54) is 10.8 Å². The minimum atomic E-state index is 0.702. The maximum atomic E-state index is 6.73. The van der Waals surface area contributed by atoms with E-state index < -0.39 is 0 Å². The summed E-state index contributed by atoms with van der Waals surface area (Å²) in [6.07, 6.45) is 0. The van der Waals surface area contributed by atoms with Crippen LogP contribution in [0.2, 0.25) is 0 Å². The van der Waals surface area contributed by atoms with Crippen LogP contribution in [-0.2, 0) is 0 Å². The molecule has 0 aliphatic carbocycles. The molecule has 2 aromatic heterocycles. The summed E-state index contributed by atoms with van der Waals surface area (Å²) in [6, 6.07) is 48.2. The van der Waals surface area contributed by atoms with Crippen LogP contribution in [0.4, 0.5) is 0 Å². The molecule has 0 aliphatic heterocycles. The third-order valence-electron chi connectivity index (χ3n) is 8.08. The molecular formula is C39H26N2O. The molecule has 0 fully saturated rings. The monoisotopic (exact) mass is 538 g/mol. The summed E-state index contributed by atoms with van der Waals surface area (Å²) in [5.74, 6) is 0.702. The number of nitrogens with zero attached hydrogens (tertiary/aromatic N) is 2. The minimum absolute atomic E-state index is 0.702. The predicted molar refractivity (Wildman–Crippen MR) is 173 cm³/mol. The third-order valence-corrected chi connectivity index (χ3v) is 8.08. The van der Waals surface area contributed by atoms with Crippen LogP contribution in [0.25, 0.3) is 77.7 Å². The Morgan fingerprint density at radius 1 is 0.476 bits per heavy atom. The molecule has 0 radical (unpaired) electrons. The van der Waals surface area contributed by atoms with Crippen molar-refractivity contribution in [2.24, 2.45) is 0 Å². The van der Waals surface area contributed by atoms with Gasteiger partial charge in [0.05, 0.1) is 11.4 Å². The second kappa shape index (κ2) is 9.83. The number of rotatable bonds is 4. The molecule has 0 saturated heterocycles. The molecule has 3 nitrogen and oxygen atoms in total. The van der Waals surface area contributed by atoms with E-state index in [0.29, 0.717) is 5.82 Å². The summed E-state index contributed by atoms with van der Waals surface area (Å²) in [7, 11) is 0. The van der Waals surface area contributed by atoms with Crippen molar-refractivity contribution in [1.82, 2.24) is 9.97 Å². The zero-order valence-corrected chi connectivity index (χ0v) is 23.1. The smallest absolute Gasteiger partial charge is 0.160 e. The molecule has 198 valence electrons. The van der Waals surface area contributed by atoms with E-state index in [1.807, 2.05) is 30.3 Å². The lowest BCUT2D eigenvalue weighted by molar-refractivity contribution is 0.670. The summed E-state index contributed by atoms with van der Waals surface area (Å²) < 4.78 is 6.73. The molecule has 3 heteroatoms. The van der Waals surface area contributed by atoms with Gasteiger partial charge in [-0.2, -0.15) is 0 Å². The van der Waals surface area contributed by atoms with Crippen molar-refractivity contribution < 1.29 is 4.42 Å².